The molecule has 2 aromatic carbocycles. The van der Waals surface area contributed by atoms with Crippen LogP contribution in [0.1, 0.15) is 96.9 Å². The number of piperidine rings is 1. The number of nitrogens with one attached hydrogen (secondary N) is 2. The SMILES string of the molecule is CC(C)(O)c1cc2nn(C3CCC(N4CCN(CCc5cc(F)c([C@H]6CCC(=O)NC6=O)c(F)c5)CC4)CC3)cc2cc1NC(=O)c1ccn2cc(C#N)cnc12. The highest BCUT2D eigenvalue weighted by atomic mass is 19.1. The van der Waals surface area contributed by atoms with Gasteiger partial charge < -0.3 is 19.7 Å². The van der Waals surface area contributed by atoms with Gasteiger partial charge in [-0.1, -0.05) is 0 Å². The minimum Gasteiger partial charge on any atom is -0.386 e. The van der Waals surface area contributed by atoms with Crippen LogP contribution in [0.25, 0.3) is 16.6 Å². The van der Waals surface area contributed by atoms with E-state index in [1.807, 2.05) is 23.0 Å². The van der Waals surface area contributed by atoms with E-state index in [0.717, 1.165) is 62.8 Å². The van der Waals surface area contributed by atoms with Gasteiger partial charge in [-0.15, -0.1) is 0 Å². The second-order valence-electron chi connectivity index (χ2n) is 16.1. The van der Waals surface area contributed by atoms with Gasteiger partial charge in [0, 0.05) is 92.2 Å². The molecule has 15 heteroatoms. The largest absolute Gasteiger partial charge is 0.386 e. The first-order valence-electron chi connectivity index (χ1n) is 19.6. The molecule has 3 aromatic heterocycles. The van der Waals surface area contributed by atoms with E-state index in [2.05, 4.69) is 31.5 Å². The van der Waals surface area contributed by atoms with Crippen molar-refractivity contribution in [3.63, 3.8) is 0 Å². The number of amides is 3. The van der Waals surface area contributed by atoms with Crippen LogP contribution in [0.4, 0.5) is 14.5 Å². The molecule has 2 aliphatic heterocycles. The number of nitriles is 1. The summed E-state index contributed by atoms with van der Waals surface area (Å²) in [5, 5.41) is 31.3. The Balaban J connectivity index is 0.857. The number of hydrogen-bond donors (Lipinski definition) is 3. The zero-order chi connectivity index (χ0) is 40.0. The van der Waals surface area contributed by atoms with Crippen LogP contribution in [0.2, 0.25) is 0 Å². The molecule has 1 saturated carbocycles. The van der Waals surface area contributed by atoms with Crippen LogP contribution in [-0.2, 0) is 21.6 Å². The van der Waals surface area contributed by atoms with E-state index in [4.69, 9.17) is 5.10 Å². The van der Waals surface area contributed by atoms with E-state index in [-0.39, 0.29) is 30.4 Å². The third-order valence-electron chi connectivity index (χ3n) is 11.8. The molecule has 2 saturated heterocycles. The van der Waals surface area contributed by atoms with E-state index in [0.29, 0.717) is 52.6 Å². The quantitative estimate of drug-likeness (QED) is 0.172. The predicted octanol–water partition coefficient (Wildman–Crippen LogP) is 5.18. The first kappa shape index (κ1) is 38.3. The van der Waals surface area contributed by atoms with Crippen molar-refractivity contribution >= 4 is 40.0 Å². The van der Waals surface area contributed by atoms with Crippen LogP contribution < -0.4 is 10.6 Å². The summed E-state index contributed by atoms with van der Waals surface area (Å²) in [4.78, 5) is 46.4. The Kier molecular flexibility index (Phi) is 10.4. The molecule has 5 heterocycles. The van der Waals surface area contributed by atoms with Crippen molar-refractivity contribution in [1.29, 1.82) is 5.26 Å². The lowest BCUT2D eigenvalue weighted by atomic mass is 9.89. The van der Waals surface area contributed by atoms with Crippen LogP contribution in [0.3, 0.4) is 0 Å². The monoisotopic (exact) mass is 777 g/mol. The number of halogens is 2. The number of imide groups is 1. The Morgan fingerprint density at radius 3 is 2.42 bits per heavy atom. The van der Waals surface area contributed by atoms with Gasteiger partial charge in [-0.25, -0.2) is 13.8 Å². The Morgan fingerprint density at radius 1 is 1.02 bits per heavy atom. The fourth-order valence-electron chi connectivity index (χ4n) is 8.72. The summed E-state index contributed by atoms with van der Waals surface area (Å²) in [6.45, 7) is 7.60. The highest BCUT2D eigenvalue weighted by Gasteiger charge is 2.33. The molecule has 3 amide bonds. The smallest absolute Gasteiger partial charge is 0.259 e. The van der Waals surface area contributed by atoms with E-state index in [9.17, 15) is 24.8 Å². The topological polar surface area (TPSA) is 161 Å². The number of aliphatic hydroxyl groups is 1. The van der Waals surface area contributed by atoms with Gasteiger partial charge in [0.25, 0.3) is 5.91 Å². The first-order chi connectivity index (χ1) is 27.3. The minimum atomic E-state index is -1.26. The van der Waals surface area contributed by atoms with E-state index in [1.54, 1.807) is 36.7 Å². The zero-order valence-corrected chi connectivity index (χ0v) is 32.0. The second kappa shape index (κ2) is 15.4. The van der Waals surface area contributed by atoms with Gasteiger partial charge in [-0.05, 0) is 88.3 Å². The summed E-state index contributed by atoms with van der Waals surface area (Å²) in [6.07, 6.45) is 11.4. The molecule has 8 rings (SSSR count). The lowest BCUT2D eigenvalue weighted by Crippen LogP contribution is -2.51. The number of rotatable bonds is 9. The Hall–Kier alpha value is -5.56. The van der Waals surface area contributed by atoms with Crippen LogP contribution in [0, 0.1) is 23.0 Å². The van der Waals surface area contributed by atoms with Crippen molar-refractivity contribution in [2.75, 3.05) is 38.0 Å². The summed E-state index contributed by atoms with van der Waals surface area (Å²) in [5.41, 5.74) is 1.94. The predicted molar refractivity (Wildman–Crippen MR) is 207 cm³/mol. The molecule has 57 heavy (non-hydrogen) atoms. The van der Waals surface area contributed by atoms with Crippen molar-refractivity contribution in [2.45, 2.75) is 82.4 Å². The summed E-state index contributed by atoms with van der Waals surface area (Å²) in [5.74, 6) is -3.94. The summed E-state index contributed by atoms with van der Waals surface area (Å²) < 4.78 is 33.7. The number of anilines is 1. The van der Waals surface area contributed by atoms with Crippen LogP contribution >= 0.6 is 0 Å². The zero-order valence-electron chi connectivity index (χ0n) is 32.0. The lowest BCUT2D eigenvalue weighted by molar-refractivity contribution is -0.134. The van der Waals surface area contributed by atoms with Crippen molar-refractivity contribution in [3.05, 3.63) is 94.6 Å². The standard InChI is InChI=1S/C42H45F2N9O4/c1-42(2,57)32-20-35-27(19-36(32)47-41(56)31-10-12-52-23-26(21-45)22-46-39(31)52)24-53(49-35)29-5-3-28(4-6-29)51-15-13-50(14-16-51)11-9-25-17-33(43)38(34(44)18-25)30-7-8-37(54)48-40(30)55/h10,12,17-20,22-24,28-30,57H,3-9,11,13-16H2,1-2H3,(H,47,56)(H,48,54,55)/t28?,29?,30-/m1/s1. The molecule has 0 spiro atoms. The maximum atomic E-state index is 15.0. The number of carbonyl (C=O) groups is 3. The van der Waals surface area contributed by atoms with Crippen molar-refractivity contribution in [2.24, 2.45) is 0 Å². The molecule has 0 radical (unpaired) electrons. The molecular weight excluding hydrogens is 733 g/mol. The van der Waals surface area contributed by atoms with Gasteiger partial charge in [0.15, 0.2) is 0 Å². The molecule has 5 aromatic rings. The van der Waals surface area contributed by atoms with Gasteiger partial charge in [-0.3, -0.25) is 29.3 Å². The maximum Gasteiger partial charge on any atom is 0.259 e. The number of fused-ring (bicyclic) bond motifs is 2. The molecule has 296 valence electrons. The Labute approximate surface area is 328 Å². The third-order valence-corrected chi connectivity index (χ3v) is 11.8. The summed E-state index contributed by atoms with van der Waals surface area (Å²) in [7, 11) is 0. The molecule has 1 aliphatic carbocycles. The molecule has 3 N–H and O–H groups in total. The normalized spacial score (nSPS) is 21.2. The molecule has 3 aliphatic rings. The van der Waals surface area contributed by atoms with E-state index < -0.39 is 35.0 Å². The van der Waals surface area contributed by atoms with Crippen molar-refractivity contribution in [3.8, 4) is 6.07 Å². The van der Waals surface area contributed by atoms with Crippen molar-refractivity contribution < 1.29 is 28.3 Å². The Morgan fingerprint density at radius 2 is 1.74 bits per heavy atom. The van der Waals surface area contributed by atoms with Crippen molar-refractivity contribution in [1.82, 2.24) is 34.3 Å². The van der Waals surface area contributed by atoms with Gasteiger partial charge in [-0.2, -0.15) is 10.4 Å². The van der Waals surface area contributed by atoms with E-state index in [1.165, 1.54) is 18.3 Å². The fraction of sp³-hybridized carbons (Fsp3) is 0.429. The minimum absolute atomic E-state index is 0.0588. The fourth-order valence-corrected chi connectivity index (χ4v) is 8.72. The number of piperazine rings is 1. The number of carbonyl (C=O) groups excluding carboxylic acids is 3. The molecule has 13 nitrogen and oxygen atoms in total. The number of nitrogens with zero attached hydrogens (tertiary/aromatic N) is 7. The van der Waals surface area contributed by atoms with Crippen LogP contribution in [-0.4, -0.2) is 90.6 Å². The molecule has 0 bridgehead atoms. The molecule has 0 unspecified atom stereocenters. The summed E-state index contributed by atoms with van der Waals surface area (Å²) in [6, 6.07) is 10.7. The lowest BCUT2D eigenvalue weighted by Gasteiger charge is -2.42. The van der Waals surface area contributed by atoms with E-state index >= 15 is 8.78 Å². The third kappa shape index (κ3) is 7.89. The Bertz CT molecular complexity index is 2390. The van der Waals surface area contributed by atoms with Crippen LogP contribution in [0.5, 0.6) is 0 Å². The maximum absolute atomic E-state index is 15.0. The average molecular weight is 778 g/mol. The second-order valence-corrected chi connectivity index (χ2v) is 16.1. The van der Waals surface area contributed by atoms with Gasteiger partial charge in [0.2, 0.25) is 11.8 Å². The van der Waals surface area contributed by atoms with Gasteiger partial charge in [0.05, 0.1) is 34.2 Å². The summed E-state index contributed by atoms with van der Waals surface area (Å²) >= 11 is 0. The average Bonchev–Trinajstić information content (AvgIpc) is 3.81. The number of hydrogen-bond acceptors (Lipinski definition) is 9. The molecule has 3 fully saturated rings. The van der Waals surface area contributed by atoms with Gasteiger partial charge in [0.1, 0.15) is 23.4 Å². The number of benzene rings is 2. The van der Waals surface area contributed by atoms with Gasteiger partial charge >= 0.3 is 0 Å². The molecule has 1 atom stereocenters. The van der Waals surface area contributed by atoms with Crippen LogP contribution in [0.15, 0.2) is 55.1 Å². The molecular formula is C42H45F2N9O4. The first-order valence-corrected chi connectivity index (χ1v) is 19.6. The number of aromatic nitrogens is 4. The highest BCUT2D eigenvalue weighted by molar-refractivity contribution is 6.09. The highest BCUT2D eigenvalue weighted by Crippen LogP contribution is 2.36.